The van der Waals surface area contributed by atoms with Crippen molar-refractivity contribution < 1.29 is 9.53 Å². The Kier molecular flexibility index (Phi) is 4.69. The second-order valence-electron chi connectivity index (χ2n) is 3.24. The van der Waals surface area contributed by atoms with E-state index in [0.717, 1.165) is 6.42 Å². The quantitative estimate of drug-likeness (QED) is 0.719. The molecule has 0 saturated carbocycles. The number of hydrogen-bond donors (Lipinski definition) is 0. The molecule has 1 aromatic rings. The molecule has 0 fully saturated rings. The molecular formula is C12H16O2S. The van der Waals surface area contributed by atoms with Crippen LogP contribution >= 0.6 is 11.8 Å². The molecule has 0 saturated heterocycles. The minimum Gasteiger partial charge on any atom is -0.496 e. The molecule has 2 nitrogen and oxygen atoms in total. The van der Waals surface area contributed by atoms with E-state index in [1.54, 1.807) is 7.11 Å². The molecular weight excluding hydrogens is 208 g/mol. The fourth-order valence-corrected chi connectivity index (χ4v) is 1.82. The summed E-state index contributed by atoms with van der Waals surface area (Å²) >= 11 is 1.53. The van der Waals surface area contributed by atoms with Gasteiger partial charge < -0.3 is 4.74 Å². The molecule has 0 radical (unpaired) electrons. The number of carbonyl (C=O) groups excluding carboxylic acids is 1. The van der Waals surface area contributed by atoms with E-state index in [9.17, 15) is 4.79 Å². The average molecular weight is 224 g/mol. The smallest absolute Gasteiger partial charge is 0.176 e. The predicted molar refractivity (Wildman–Crippen MR) is 65.1 cm³/mol. The largest absolute Gasteiger partial charge is 0.496 e. The Morgan fingerprint density at radius 2 is 2.20 bits per heavy atom. The third kappa shape index (κ3) is 2.99. The first kappa shape index (κ1) is 12.1. The Hall–Kier alpha value is -0.960. The van der Waals surface area contributed by atoms with Gasteiger partial charge in [-0.05, 0) is 30.4 Å². The minimum atomic E-state index is 0.134. The molecule has 82 valence electrons. The predicted octanol–water partition coefficient (Wildman–Crippen LogP) is 2.80. The lowest BCUT2D eigenvalue weighted by Crippen LogP contribution is -2.05. The molecule has 15 heavy (non-hydrogen) atoms. The number of thioether (sulfide) groups is 1. The summed E-state index contributed by atoms with van der Waals surface area (Å²) < 4.78 is 5.18. The first-order chi connectivity index (χ1) is 7.22. The molecule has 3 heteroatoms. The number of ether oxygens (including phenoxy) is 1. The van der Waals surface area contributed by atoms with Crippen molar-refractivity contribution in [3.8, 4) is 5.75 Å². The van der Waals surface area contributed by atoms with E-state index >= 15 is 0 Å². The van der Waals surface area contributed by atoms with Crippen LogP contribution in [0.1, 0.15) is 22.8 Å². The van der Waals surface area contributed by atoms with Gasteiger partial charge in [-0.15, -0.1) is 0 Å². The summed E-state index contributed by atoms with van der Waals surface area (Å²) in [5, 5.41) is 0. The lowest BCUT2D eigenvalue weighted by Gasteiger charge is -2.08. The van der Waals surface area contributed by atoms with Gasteiger partial charge in [0.25, 0.3) is 0 Å². The number of rotatable bonds is 5. The van der Waals surface area contributed by atoms with E-state index in [1.807, 2.05) is 24.5 Å². The third-order valence-corrected chi connectivity index (χ3v) is 2.80. The van der Waals surface area contributed by atoms with Gasteiger partial charge in [-0.2, -0.15) is 11.8 Å². The number of hydrogen-bond acceptors (Lipinski definition) is 3. The molecule has 0 N–H and O–H groups in total. The SMILES string of the molecule is CCc1ccc(OC)c(C(=O)CSC)c1. The Morgan fingerprint density at radius 1 is 1.47 bits per heavy atom. The maximum atomic E-state index is 11.8. The number of ketones is 1. The van der Waals surface area contributed by atoms with Gasteiger partial charge in [0.05, 0.1) is 18.4 Å². The summed E-state index contributed by atoms with van der Waals surface area (Å²) in [6, 6.07) is 5.79. The van der Waals surface area contributed by atoms with Crippen molar-refractivity contribution in [2.24, 2.45) is 0 Å². The van der Waals surface area contributed by atoms with E-state index in [1.165, 1.54) is 17.3 Å². The van der Waals surface area contributed by atoms with Gasteiger partial charge in [0.2, 0.25) is 0 Å². The van der Waals surface area contributed by atoms with Crippen LogP contribution in [0.25, 0.3) is 0 Å². The van der Waals surface area contributed by atoms with E-state index in [4.69, 9.17) is 4.74 Å². The molecule has 0 bridgehead atoms. The molecule has 0 unspecified atom stereocenters. The van der Waals surface area contributed by atoms with Gasteiger partial charge in [-0.3, -0.25) is 4.79 Å². The Morgan fingerprint density at radius 3 is 2.73 bits per heavy atom. The summed E-state index contributed by atoms with van der Waals surface area (Å²) in [6.45, 7) is 2.07. The van der Waals surface area contributed by atoms with Crippen LogP contribution in [0.3, 0.4) is 0 Å². The van der Waals surface area contributed by atoms with Gasteiger partial charge in [-0.1, -0.05) is 13.0 Å². The molecule has 0 spiro atoms. The lowest BCUT2D eigenvalue weighted by molar-refractivity contribution is 0.101. The number of methoxy groups -OCH3 is 1. The second kappa shape index (κ2) is 5.81. The highest BCUT2D eigenvalue weighted by Gasteiger charge is 2.11. The Bertz CT molecular complexity index is 347. The molecule has 0 atom stereocenters. The van der Waals surface area contributed by atoms with Crippen molar-refractivity contribution in [1.82, 2.24) is 0 Å². The van der Waals surface area contributed by atoms with Crippen molar-refractivity contribution in [2.75, 3.05) is 19.1 Å². The van der Waals surface area contributed by atoms with Crippen molar-refractivity contribution in [3.63, 3.8) is 0 Å². The van der Waals surface area contributed by atoms with Crippen LogP contribution in [0.4, 0.5) is 0 Å². The average Bonchev–Trinajstić information content (AvgIpc) is 2.28. The van der Waals surface area contributed by atoms with Crippen molar-refractivity contribution in [3.05, 3.63) is 29.3 Å². The fourth-order valence-electron chi connectivity index (χ4n) is 1.40. The van der Waals surface area contributed by atoms with Crippen LogP contribution in [-0.4, -0.2) is 24.9 Å². The number of aryl methyl sites for hydroxylation is 1. The summed E-state index contributed by atoms with van der Waals surface area (Å²) in [5.41, 5.74) is 1.87. The zero-order valence-corrected chi connectivity index (χ0v) is 10.2. The highest BCUT2D eigenvalue weighted by atomic mass is 32.2. The van der Waals surface area contributed by atoms with Gasteiger partial charge in [0, 0.05) is 0 Å². The fraction of sp³-hybridized carbons (Fsp3) is 0.417. The normalized spacial score (nSPS) is 10.1. The molecule has 0 heterocycles. The molecule has 0 aliphatic heterocycles. The summed E-state index contributed by atoms with van der Waals surface area (Å²) in [4.78, 5) is 11.8. The highest BCUT2D eigenvalue weighted by Crippen LogP contribution is 2.21. The monoisotopic (exact) mass is 224 g/mol. The molecule has 0 amide bonds. The second-order valence-corrected chi connectivity index (χ2v) is 4.11. The van der Waals surface area contributed by atoms with Gasteiger partial charge in [0.15, 0.2) is 5.78 Å². The number of carbonyl (C=O) groups is 1. The number of benzene rings is 1. The minimum absolute atomic E-state index is 0.134. The Balaban J connectivity index is 3.05. The Labute approximate surface area is 95.0 Å². The van der Waals surface area contributed by atoms with Crippen molar-refractivity contribution >= 4 is 17.5 Å². The van der Waals surface area contributed by atoms with Crippen LogP contribution < -0.4 is 4.74 Å². The molecule has 0 aromatic heterocycles. The van der Waals surface area contributed by atoms with E-state index in [0.29, 0.717) is 17.1 Å². The summed E-state index contributed by atoms with van der Waals surface area (Å²) in [6.07, 6.45) is 2.86. The lowest BCUT2D eigenvalue weighted by atomic mass is 10.1. The van der Waals surface area contributed by atoms with Crippen LogP contribution in [0.15, 0.2) is 18.2 Å². The van der Waals surface area contributed by atoms with Crippen LogP contribution in [-0.2, 0) is 6.42 Å². The first-order valence-corrected chi connectivity index (χ1v) is 6.31. The standard InChI is InChI=1S/C12H16O2S/c1-4-9-5-6-12(14-2)10(7-9)11(13)8-15-3/h5-7H,4,8H2,1-3H3. The summed E-state index contributed by atoms with van der Waals surface area (Å²) in [5.74, 6) is 1.31. The van der Waals surface area contributed by atoms with Crippen molar-refractivity contribution in [2.45, 2.75) is 13.3 Å². The number of Topliss-reactive ketones (excluding diaryl/α,β-unsaturated/α-hetero) is 1. The topological polar surface area (TPSA) is 26.3 Å². The van der Waals surface area contributed by atoms with E-state index in [-0.39, 0.29) is 5.78 Å². The first-order valence-electron chi connectivity index (χ1n) is 4.92. The maximum absolute atomic E-state index is 11.8. The van der Waals surface area contributed by atoms with Crippen LogP contribution in [0.5, 0.6) is 5.75 Å². The maximum Gasteiger partial charge on any atom is 0.176 e. The molecule has 1 aromatic carbocycles. The van der Waals surface area contributed by atoms with Crippen LogP contribution in [0, 0.1) is 0 Å². The van der Waals surface area contributed by atoms with Gasteiger partial charge >= 0.3 is 0 Å². The zero-order valence-electron chi connectivity index (χ0n) is 9.37. The molecule has 0 aliphatic rings. The van der Waals surface area contributed by atoms with Crippen LogP contribution in [0.2, 0.25) is 0 Å². The zero-order chi connectivity index (χ0) is 11.3. The van der Waals surface area contributed by atoms with Gasteiger partial charge in [-0.25, -0.2) is 0 Å². The van der Waals surface area contributed by atoms with E-state index in [2.05, 4.69) is 6.92 Å². The molecule has 0 aliphatic carbocycles. The van der Waals surface area contributed by atoms with Crippen molar-refractivity contribution in [1.29, 1.82) is 0 Å². The third-order valence-electron chi connectivity index (χ3n) is 2.25. The van der Waals surface area contributed by atoms with Gasteiger partial charge in [0.1, 0.15) is 5.75 Å². The van der Waals surface area contributed by atoms with E-state index < -0.39 is 0 Å². The highest BCUT2D eigenvalue weighted by molar-refractivity contribution is 7.99. The molecule has 1 rings (SSSR count). The summed E-state index contributed by atoms with van der Waals surface area (Å²) in [7, 11) is 1.59.